The van der Waals surface area contributed by atoms with E-state index in [4.69, 9.17) is 0 Å². The first-order valence-corrected chi connectivity index (χ1v) is 13.1. The van der Waals surface area contributed by atoms with Crippen molar-refractivity contribution in [2.24, 2.45) is 0 Å². The molecule has 1 aliphatic heterocycles. The Hall–Kier alpha value is -3.45. The number of rotatable bonds is 4. The van der Waals surface area contributed by atoms with E-state index in [0.29, 0.717) is 27.5 Å². The van der Waals surface area contributed by atoms with Crippen LogP contribution in [0, 0.1) is 18.6 Å². The Bertz CT molecular complexity index is 1620. The van der Waals surface area contributed by atoms with Crippen molar-refractivity contribution in [3.63, 3.8) is 0 Å². The van der Waals surface area contributed by atoms with E-state index in [0.717, 1.165) is 12.1 Å². The molecule has 182 valence electrons. The van der Waals surface area contributed by atoms with Crippen molar-refractivity contribution >= 4 is 37.3 Å². The fourth-order valence-corrected chi connectivity index (χ4v) is 6.65. The number of sulfone groups is 1. The second kappa shape index (κ2) is 8.64. The first kappa shape index (κ1) is 23.3. The van der Waals surface area contributed by atoms with Crippen LogP contribution in [-0.2, 0) is 9.84 Å². The number of piperidine rings is 1. The zero-order chi connectivity index (χ0) is 24.9. The van der Waals surface area contributed by atoms with Gasteiger partial charge in [-0.15, -0.1) is 11.3 Å². The van der Waals surface area contributed by atoms with Crippen LogP contribution in [-0.4, -0.2) is 57.3 Å². The molecule has 4 heterocycles. The number of likely N-dealkylation sites (tertiary alicyclic amines) is 1. The number of fused-ring (bicyclic) bond motifs is 1. The van der Waals surface area contributed by atoms with Crippen LogP contribution in [0.15, 0.2) is 45.5 Å². The van der Waals surface area contributed by atoms with Gasteiger partial charge in [0.2, 0.25) is 5.95 Å². The quantitative estimate of drug-likeness (QED) is 0.415. The maximum absolute atomic E-state index is 13.6. The van der Waals surface area contributed by atoms with E-state index in [2.05, 4.69) is 15.1 Å². The van der Waals surface area contributed by atoms with Crippen LogP contribution in [0.3, 0.4) is 0 Å². The maximum Gasteiger partial charge on any atom is 0.270 e. The molecule has 1 aromatic carbocycles. The van der Waals surface area contributed by atoms with Crippen LogP contribution in [0.25, 0.3) is 16.2 Å². The molecule has 0 saturated carbocycles. The number of carbonyl (C=O) groups is 1. The zero-order valence-electron chi connectivity index (χ0n) is 18.4. The Morgan fingerprint density at radius 3 is 2.63 bits per heavy atom. The smallest absolute Gasteiger partial charge is 0.270 e. The third kappa shape index (κ3) is 4.04. The van der Waals surface area contributed by atoms with Crippen LogP contribution >= 0.6 is 11.3 Å². The highest BCUT2D eigenvalue weighted by Gasteiger charge is 2.34. The van der Waals surface area contributed by atoms with Crippen molar-refractivity contribution in [2.45, 2.75) is 29.9 Å². The molecule has 0 bridgehead atoms. The van der Waals surface area contributed by atoms with Crippen molar-refractivity contribution in [2.75, 3.05) is 13.1 Å². The minimum atomic E-state index is -3.87. The lowest BCUT2D eigenvalue weighted by molar-refractivity contribution is 0.0725. The molecule has 5 rings (SSSR count). The fourth-order valence-electron chi connectivity index (χ4n) is 4.18. The van der Waals surface area contributed by atoms with E-state index in [-0.39, 0.29) is 48.2 Å². The van der Waals surface area contributed by atoms with E-state index < -0.39 is 26.7 Å². The lowest BCUT2D eigenvalue weighted by atomic mass is 10.1. The fraction of sp³-hybridized carbons (Fsp3) is 0.273. The van der Waals surface area contributed by atoms with E-state index >= 15 is 0 Å². The number of nitrogens with one attached hydrogen (secondary N) is 1. The summed E-state index contributed by atoms with van der Waals surface area (Å²) in [6.07, 6.45) is 1.70. The van der Waals surface area contributed by atoms with E-state index in [9.17, 15) is 26.8 Å². The molecule has 3 aromatic heterocycles. The number of halogens is 2. The van der Waals surface area contributed by atoms with Gasteiger partial charge < -0.3 is 4.90 Å². The molecule has 0 spiro atoms. The summed E-state index contributed by atoms with van der Waals surface area (Å²) in [6.45, 7) is 2.03. The highest BCUT2D eigenvalue weighted by atomic mass is 32.2. The Morgan fingerprint density at radius 2 is 1.91 bits per heavy atom. The number of aromatic amines is 1. The number of H-pyrrole nitrogens is 1. The Morgan fingerprint density at radius 1 is 1.17 bits per heavy atom. The highest BCUT2D eigenvalue weighted by Crippen LogP contribution is 2.27. The minimum Gasteiger partial charge on any atom is -0.338 e. The van der Waals surface area contributed by atoms with Gasteiger partial charge in [-0.3, -0.25) is 14.6 Å². The summed E-state index contributed by atoms with van der Waals surface area (Å²) in [7, 11) is -3.87. The van der Waals surface area contributed by atoms with E-state index in [1.54, 1.807) is 18.4 Å². The largest absolute Gasteiger partial charge is 0.338 e. The second-order valence-electron chi connectivity index (χ2n) is 8.19. The zero-order valence-corrected chi connectivity index (χ0v) is 20.0. The summed E-state index contributed by atoms with van der Waals surface area (Å²) in [4.78, 5) is 33.8. The molecule has 1 amide bonds. The van der Waals surface area contributed by atoms with E-state index in [1.807, 2.05) is 0 Å². The number of nitrogens with zero attached hydrogens (tertiary/aromatic N) is 4. The van der Waals surface area contributed by atoms with Gasteiger partial charge in [-0.1, -0.05) is 0 Å². The number of amides is 1. The summed E-state index contributed by atoms with van der Waals surface area (Å²) < 4.78 is 54.4. The standard InChI is InChI=1S/C22H19F2N5O4S2/c1-12-15(11-25-29(12)22-26-18-6-9-34-19(18)20(30)27-22)21(31)28-7-4-13(5-8-28)35(32,33)14-2-3-16(23)17(24)10-14/h2-3,6,9-11,13H,4-5,7-8H2,1H3,(H,26,27,30). The third-order valence-corrected chi connectivity index (χ3v) is 9.29. The van der Waals surface area contributed by atoms with E-state index in [1.165, 1.54) is 27.1 Å². The molecule has 0 aliphatic carbocycles. The van der Waals surface area contributed by atoms with Gasteiger partial charge in [-0.25, -0.2) is 26.9 Å². The minimum absolute atomic E-state index is 0.157. The Labute approximate surface area is 202 Å². The summed E-state index contributed by atoms with van der Waals surface area (Å²) >= 11 is 1.28. The number of aromatic nitrogens is 4. The molecule has 35 heavy (non-hydrogen) atoms. The first-order chi connectivity index (χ1) is 16.7. The lowest BCUT2D eigenvalue weighted by Crippen LogP contribution is -2.42. The average molecular weight is 520 g/mol. The molecule has 4 aromatic rings. The van der Waals surface area contributed by atoms with Gasteiger partial charge in [0.1, 0.15) is 4.70 Å². The van der Waals surface area contributed by atoms with Crippen LogP contribution in [0.2, 0.25) is 0 Å². The van der Waals surface area contributed by atoms with Gasteiger partial charge in [-0.2, -0.15) is 5.10 Å². The van der Waals surface area contributed by atoms with Gasteiger partial charge in [0, 0.05) is 13.1 Å². The highest BCUT2D eigenvalue weighted by molar-refractivity contribution is 7.92. The predicted molar refractivity (Wildman–Crippen MR) is 125 cm³/mol. The number of thiophene rings is 1. The molecule has 1 N–H and O–H groups in total. The van der Waals surface area contributed by atoms with Gasteiger partial charge in [0.25, 0.3) is 11.5 Å². The lowest BCUT2D eigenvalue weighted by Gasteiger charge is -2.31. The number of carbonyl (C=O) groups excluding carboxylic acids is 1. The van der Waals surface area contributed by atoms with Crippen LogP contribution < -0.4 is 5.56 Å². The Kier molecular flexibility index (Phi) is 5.75. The molecule has 0 unspecified atom stereocenters. The van der Waals surface area contributed by atoms with Gasteiger partial charge >= 0.3 is 0 Å². The molecule has 0 radical (unpaired) electrons. The summed E-state index contributed by atoms with van der Waals surface area (Å²) in [5.41, 5.74) is 1.01. The molecule has 0 atom stereocenters. The SMILES string of the molecule is Cc1c(C(=O)N2CCC(S(=O)(=O)c3ccc(F)c(F)c3)CC2)cnn1-c1nc2ccsc2c(=O)[nH]1. The second-order valence-corrected chi connectivity index (χ2v) is 11.3. The average Bonchev–Trinajstić information content (AvgIpc) is 3.47. The summed E-state index contributed by atoms with van der Waals surface area (Å²) in [5, 5.41) is 5.17. The molecular weight excluding hydrogens is 500 g/mol. The van der Waals surface area contributed by atoms with Gasteiger partial charge in [-0.05, 0) is 49.4 Å². The maximum atomic E-state index is 13.6. The number of hydrogen-bond donors (Lipinski definition) is 1. The third-order valence-electron chi connectivity index (χ3n) is 6.13. The van der Waals surface area contributed by atoms with Crippen molar-refractivity contribution < 1.29 is 22.0 Å². The summed E-state index contributed by atoms with van der Waals surface area (Å²) in [5.74, 6) is -2.47. The molecular formula is C22H19F2N5O4S2. The molecule has 9 nitrogen and oxygen atoms in total. The van der Waals surface area contributed by atoms with Crippen LogP contribution in [0.1, 0.15) is 28.9 Å². The normalized spacial score (nSPS) is 15.1. The first-order valence-electron chi connectivity index (χ1n) is 10.7. The molecule has 13 heteroatoms. The van der Waals surface area contributed by atoms with Crippen LogP contribution in [0.4, 0.5) is 8.78 Å². The molecule has 1 saturated heterocycles. The monoisotopic (exact) mass is 519 g/mol. The predicted octanol–water partition coefficient (Wildman–Crippen LogP) is 2.84. The van der Waals surface area contributed by atoms with Gasteiger partial charge in [0.15, 0.2) is 21.5 Å². The van der Waals surface area contributed by atoms with Crippen molar-refractivity contribution in [1.82, 2.24) is 24.6 Å². The summed E-state index contributed by atoms with van der Waals surface area (Å²) in [6, 6.07) is 4.25. The van der Waals surface area contributed by atoms with Crippen molar-refractivity contribution in [3.05, 3.63) is 69.1 Å². The molecule has 1 aliphatic rings. The number of hydrogen-bond acceptors (Lipinski definition) is 7. The van der Waals surface area contributed by atoms with Crippen LogP contribution in [0.5, 0.6) is 0 Å². The number of benzene rings is 1. The molecule has 1 fully saturated rings. The Balaban J connectivity index is 1.33. The van der Waals surface area contributed by atoms with Crippen molar-refractivity contribution in [3.8, 4) is 5.95 Å². The van der Waals surface area contributed by atoms with Crippen molar-refractivity contribution in [1.29, 1.82) is 0 Å². The van der Waals surface area contributed by atoms with Gasteiger partial charge in [0.05, 0.1) is 33.1 Å². The topological polar surface area (TPSA) is 118 Å².